The highest BCUT2D eigenvalue weighted by Crippen LogP contribution is 2.38. The van der Waals surface area contributed by atoms with Gasteiger partial charge in [-0.2, -0.15) is 0 Å². The summed E-state index contributed by atoms with van der Waals surface area (Å²) in [5.74, 6) is 0.301. The molecule has 1 N–H and O–H groups in total. The van der Waals surface area contributed by atoms with E-state index in [0.717, 1.165) is 0 Å². The van der Waals surface area contributed by atoms with E-state index in [1.165, 1.54) is 23.6 Å². The van der Waals surface area contributed by atoms with Crippen molar-refractivity contribution in [1.82, 2.24) is 4.98 Å². The molecule has 0 bridgehead atoms. The van der Waals surface area contributed by atoms with Crippen molar-refractivity contribution >= 4 is 38.8 Å². The first-order valence-corrected chi connectivity index (χ1v) is 7.32. The molecule has 0 radical (unpaired) electrons. The molecule has 0 spiro atoms. The van der Waals surface area contributed by atoms with Crippen molar-refractivity contribution in [2.24, 2.45) is 0 Å². The van der Waals surface area contributed by atoms with Gasteiger partial charge in [0, 0.05) is 18.3 Å². The number of hydrogen-bond donors (Lipinski definition) is 1. The molecule has 0 saturated carbocycles. The Morgan fingerprint density at radius 3 is 2.89 bits per heavy atom. The molecular formula is C12H10ClN3O2S. The monoisotopic (exact) mass is 295 g/mol. The second-order valence-corrected chi connectivity index (χ2v) is 6.48. The molecule has 5 nitrogen and oxygen atoms in total. The molecule has 0 unspecified atom stereocenters. The van der Waals surface area contributed by atoms with Crippen LogP contribution in [0, 0.1) is 0 Å². The highest BCUT2D eigenvalue weighted by atomic mass is 35.5. The maximum atomic E-state index is 12.5. The van der Waals surface area contributed by atoms with Gasteiger partial charge in [0.1, 0.15) is 4.90 Å². The summed E-state index contributed by atoms with van der Waals surface area (Å²) < 4.78 is 26.2. The number of nitrogens with one attached hydrogen (secondary N) is 1. The van der Waals surface area contributed by atoms with E-state index in [1.54, 1.807) is 24.3 Å². The van der Waals surface area contributed by atoms with Crippen LogP contribution >= 0.6 is 11.6 Å². The van der Waals surface area contributed by atoms with Crippen molar-refractivity contribution in [1.29, 1.82) is 0 Å². The molecule has 1 aromatic carbocycles. The molecule has 0 fully saturated rings. The first-order chi connectivity index (χ1) is 9.00. The average Bonchev–Trinajstić information content (AvgIpc) is 2.45. The third-order valence-corrected chi connectivity index (χ3v) is 5.00. The lowest BCUT2D eigenvalue weighted by Gasteiger charge is -2.18. The zero-order valence-corrected chi connectivity index (χ0v) is 11.5. The number of rotatable bonds is 0. The first-order valence-electron chi connectivity index (χ1n) is 5.51. The number of fused-ring (bicyclic) bond motifs is 2. The van der Waals surface area contributed by atoms with Gasteiger partial charge in [0.2, 0.25) is 0 Å². The van der Waals surface area contributed by atoms with E-state index in [0.29, 0.717) is 22.2 Å². The minimum Gasteiger partial charge on any atom is -0.337 e. The van der Waals surface area contributed by atoms with Gasteiger partial charge in [0.15, 0.2) is 5.82 Å². The average molecular weight is 296 g/mol. The van der Waals surface area contributed by atoms with E-state index in [1.807, 2.05) is 0 Å². The lowest BCUT2D eigenvalue weighted by Crippen LogP contribution is -2.25. The molecule has 0 aliphatic carbocycles. The second kappa shape index (κ2) is 4.11. The summed E-state index contributed by atoms with van der Waals surface area (Å²) in [5.41, 5.74) is 1.14. The van der Waals surface area contributed by atoms with Crippen LogP contribution in [0.5, 0.6) is 0 Å². The Hall–Kier alpha value is -1.79. The zero-order valence-electron chi connectivity index (χ0n) is 9.96. The Balaban J connectivity index is 2.33. The zero-order chi connectivity index (χ0) is 13.6. The number of sulfonamides is 1. The number of anilines is 3. The molecule has 0 atom stereocenters. The highest BCUT2D eigenvalue weighted by Gasteiger charge is 2.30. The van der Waals surface area contributed by atoms with Gasteiger partial charge in [-0.3, -0.25) is 4.31 Å². The molecule has 1 aromatic heterocycles. The van der Waals surface area contributed by atoms with Gasteiger partial charge in [-0.05, 0) is 30.3 Å². The van der Waals surface area contributed by atoms with E-state index in [2.05, 4.69) is 10.3 Å². The molecule has 2 aromatic rings. The van der Waals surface area contributed by atoms with Gasteiger partial charge >= 0.3 is 0 Å². The smallest absolute Gasteiger partial charge is 0.267 e. The molecule has 0 amide bonds. The van der Waals surface area contributed by atoms with E-state index in [9.17, 15) is 8.42 Å². The molecule has 19 heavy (non-hydrogen) atoms. The minimum atomic E-state index is -3.62. The summed E-state index contributed by atoms with van der Waals surface area (Å²) in [5, 5.41) is 3.54. The molecule has 1 aliphatic heterocycles. The summed E-state index contributed by atoms with van der Waals surface area (Å²) in [7, 11) is -2.11. The number of benzene rings is 1. The van der Waals surface area contributed by atoms with E-state index < -0.39 is 10.0 Å². The maximum Gasteiger partial charge on any atom is 0.267 e. The van der Waals surface area contributed by atoms with Crippen LogP contribution in [0.3, 0.4) is 0 Å². The van der Waals surface area contributed by atoms with Gasteiger partial charge in [-0.1, -0.05) is 11.6 Å². The third kappa shape index (κ3) is 1.84. The number of halogens is 1. The van der Waals surface area contributed by atoms with Crippen LogP contribution in [0.25, 0.3) is 0 Å². The second-order valence-electron chi connectivity index (χ2n) is 4.11. The molecular weight excluding hydrogens is 286 g/mol. The van der Waals surface area contributed by atoms with Crippen molar-refractivity contribution in [2.75, 3.05) is 16.7 Å². The number of pyridine rings is 1. The predicted octanol–water partition coefficient (Wildman–Crippen LogP) is 2.62. The van der Waals surface area contributed by atoms with Crippen LogP contribution in [0.4, 0.5) is 17.2 Å². The Kier molecular flexibility index (Phi) is 2.65. The summed E-state index contributed by atoms with van der Waals surface area (Å²) in [6, 6.07) is 8.10. The largest absolute Gasteiger partial charge is 0.337 e. The van der Waals surface area contributed by atoms with Gasteiger partial charge in [0.25, 0.3) is 10.0 Å². The van der Waals surface area contributed by atoms with Crippen molar-refractivity contribution in [3.63, 3.8) is 0 Å². The summed E-state index contributed by atoms with van der Waals surface area (Å²) >= 11 is 5.95. The fraction of sp³-hybridized carbons (Fsp3) is 0.0833. The standard InChI is InChI=1S/C12H10ClN3O2S/c1-16-10-5-4-8(13)7-9(10)15-12-11(19(16,17)18)3-2-6-14-12/h2-7H,1H3,(H,14,15). The Labute approximate surface area is 115 Å². The van der Waals surface area contributed by atoms with E-state index >= 15 is 0 Å². The Morgan fingerprint density at radius 2 is 2.11 bits per heavy atom. The summed E-state index contributed by atoms with van der Waals surface area (Å²) in [6.07, 6.45) is 1.54. The van der Waals surface area contributed by atoms with Crippen LogP contribution in [0.2, 0.25) is 5.02 Å². The van der Waals surface area contributed by atoms with Crippen molar-refractivity contribution in [3.05, 3.63) is 41.6 Å². The number of nitrogens with zero attached hydrogens (tertiary/aromatic N) is 2. The first kappa shape index (κ1) is 12.3. The summed E-state index contributed by atoms with van der Waals surface area (Å²) in [4.78, 5) is 4.22. The normalized spacial score (nSPS) is 16.0. The lowest BCUT2D eigenvalue weighted by atomic mass is 10.2. The van der Waals surface area contributed by atoms with Crippen LogP contribution in [-0.4, -0.2) is 20.4 Å². The van der Waals surface area contributed by atoms with E-state index in [4.69, 9.17) is 11.6 Å². The molecule has 98 valence electrons. The quantitative estimate of drug-likeness (QED) is 0.811. The van der Waals surface area contributed by atoms with Gasteiger partial charge in [-0.25, -0.2) is 13.4 Å². The Bertz CT molecular complexity index is 761. The van der Waals surface area contributed by atoms with Crippen LogP contribution in [0.1, 0.15) is 0 Å². The molecule has 2 heterocycles. The molecule has 0 saturated heterocycles. The van der Waals surface area contributed by atoms with Crippen LogP contribution in [0.15, 0.2) is 41.4 Å². The molecule has 3 rings (SSSR count). The van der Waals surface area contributed by atoms with Crippen LogP contribution < -0.4 is 9.62 Å². The lowest BCUT2D eigenvalue weighted by molar-refractivity contribution is 0.595. The van der Waals surface area contributed by atoms with Crippen molar-refractivity contribution < 1.29 is 8.42 Å². The fourth-order valence-electron chi connectivity index (χ4n) is 1.98. The van der Waals surface area contributed by atoms with Gasteiger partial charge in [-0.15, -0.1) is 0 Å². The predicted molar refractivity (Wildman–Crippen MR) is 74.6 cm³/mol. The van der Waals surface area contributed by atoms with Crippen molar-refractivity contribution in [3.8, 4) is 0 Å². The number of aromatic nitrogens is 1. The highest BCUT2D eigenvalue weighted by molar-refractivity contribution is 7.93. The number of hydrogen-bond acceptors (Lipinski definition) is 4. The maximum absolute atomic E-state index is 12.5. The van der Waals surface area contributed by atoms with E-state index in [-0.39, 0.29) is 4.90 Å². The fourth-order valence-corrected chi connectivity index (χ4v) is 3.46. The third-order valence-electron chi connectivity index (χ3n) is 2.96. The molecule has 1 aliphatic rings. The van der Waals surface area contributed by atoms with Crippen molar-refractivity contribution in [2.45, 2.75) is 4.90 Å². The molecule has 7 heteroatoms. The Morgan fingerprint density at radius 1 is 1.32 bits per heavy atom. The van der Waals surface area contributed by atoms with Gasteiger partial charge in [0.05, 0.1) is 11.4 Å². The van der Waals surface area contributed by atoms with Crippen LogP contribution in [-0.2, 0) is 10.0 Å². The topological polar surface area (TPSA) is 62.3 Å². The summed E-state index contributed by atoms with van der Waals surface area (Å²) in [6.45, 7) is 0. The van der Waals surface area contributed by atoms with Gasteiger partial charge < -0.3 is 5.32 Å². The minimum absolute atomic E-state index is 0.143. The SMILES string of the molecule is CN1c2ccc(Cl)cc2Nc2ncccc2S1(=O)=O.